The smallest absolute Gasteiger partial charge is 0.0560 e. The molecule has 0 saturated heterocycles. The van der Waals surface area contributed by atoms with E-state index in [9.17, 15) is 0 Å². The molecule has 2 aromatic rings. The molecule has 0 fully saturated rings. The van der Waals surface area contributed by atoms with Crippen LogP contribution in [0.4, 0.5) is 17.1 Å². The predicted molar refractivity (Wildman–Crippen MR) is 135 cm³/mol. The number of nitrogens with one attached hydrogen (secondary N) is 1. The summed E-state index contributed by atoms with van der Waals surface area (Å²) in [5.74, 6) is 0. The minimum atomic E-state index is 0. The number of rotatable bonds is 2. The van der Waals surface area contributed by atoms with Gasteiger partial charge < -0.3 is 10.2 Å². The molecule has 2 aromatic carbocycles. The minimum absolute atomic E-state index is 0. The first-order chi connectivity index (χ1) is 9.60. The summed E-state index contributed by atoms with van der Waals surface area (Å²) in [6, 6.07) is 11.0. The van der Waals surface area contributed by atoms with E-state index in [4.69, 9.17) is 0 Å². The topological polar surface area (TPSA) is 15.3 Å². The molecular formula is C17H23I3N2S. The van der Waals surface area contributed by atoms with Gasteiger partial charge in [-0.1, -0.05) is 30.8 Å². The fraction of sp³-hybridized carbons (Fsp3) is 0.294. The zero-order valence-electron chi connectivity index (χ0n) is 13.7. The lowest BCUT2D eigenvalue weighted by Crippen LogP contribution is -2.11. The number of hydrogen-bond donors (Lipinski definition) is 1. The summed E-state index contributed by atoms with van der Waals surface area (Å²) < 4.78 is 0. The number of fused-ring (bicyclic) bond motifs is 2. The van der Waals surface area contributed by atoms with Crippen LogP contribution >= 0.6 is 83.7 Å². The average Bonchev–Trinajstić information content (AvgIpc) is 2.44. The summed E-state index contributed by atoms with van der Waals surface area (Å²) in [6.07, 6.45) is 1.04. The van der Waals surface area contributed by atoms with Crippen molar-refractivity contribution < 1.29 is 0 Å². The third-order valence-electron chi connectivity index (χ3n) is 3.77. The molecule has 0 bridgehead atoms. The van der Waals surface area contributed by atoms with Crippen LogP contribution in [0.25, 0.3) is 0 Å². The van der Waals surface area contributed by atoms with Gasteiger partial charge in [0.2, 0.25) is 0 Å². The van der Waals surface area contributed by atoms with Crippen molar-refractivity contribution >= 4 is 101 Å². The van der Waals surface area contributed by atoms with E-state index in [1.807, 2.05) is 11.8 Å². The van der Waals surface area contributed by atoms with Crippen LogP contribution in [0.1, 0.15) is 18.1 Å². The largest absolute Gasteiger partial charge is 0.378 e. The number of nitrogens with zero attached hydrogens (tertiary/aromatic N) is 1. The van der Waals surface area contributed by atoms with Gasteiger partial charge in [-0.2, -0.15) is 0 Å². The molecule has 23 heavy (non-hydrogen) atoms. The van der Waals surface area contributed by atoms with Crippen molar-refractivity contribution in [1.29, 1.82) is 0 Å². The van der Waals surface area contributed by atoms with Crippen molar-refractivity contribution in [1.82, 2.24) is 0 Å². The van der Waals surface area contributed by atoms with Gasteiger partial charge in [-0.05, 0) is 42.7 Å². The Morgan fingerprint density at radius 2 is 1.70 bits per heavy atom. The number of aryl methyl sites for hydroxylation is 2. The zero-order chi connectivity index (χ0) is 14.3. The third-order valence-corrected chi connectivity index (χ3v) is 4.87. The fourth-order valence-electron chi connectivity index (χ4n) is 2.55. The molecule has 2 nitrogen and oxygen atoms in total. The summed E-state index contributed by atoms with van der Waals surface area (Å²) in [6.45, 7) is 4.38. The van der Waals surface area contributed by atoms with Gasteiger partial charge in [-0.15, -0.1) is 71.9 Å². The highest BCUT2D eigenvalue weighted by atomic mass is 127. The van der Waals surface area contributed by atoms with Gasteiger partial charge in [0.05, 0.1) is 11.4 Å². The average molecular weight is 668 g/mol. The standard InChI is InChI=1S/C17H20N2S.3HI/c1-5-12-9-13(19(3)4)10-15-17(12)18-16-11(2)7-6-8-14(16)20-15;;;/h6-10,18H,5H2,1-4H3;3*1H. The Labute approximate surface area is 194 Å². The van der Waals surface area contributed by atoms with Gasteiger partial charge in [0.15, 0.2) is 0 Å². The van der Waals surface area contributed by atoms with Crippen LogP contribution < -0.4 is 10.2 Å². The van der Waals surface area contributed by atoms with E-state index in [1.165, 1.54) is 38.0 Å². The molecule has 1 heterocycles. The number of anilines is 3. The Hall–Kier alpha value is 0.580. The highest BCUT2D eigenvalue weighted by Crippen LogP contribution is 2.48. The molecule has 3 rings (SSSR count). The summed E-state index contributed by atoms with van der Waals surface area (Å²) in [7, 11) is 4.19. The van der Waals surface area contributed by atoms with E-state index >= 15 is 0 Å². The molecule has 0 atom stereocenters. The van der Waals surface area contributed by atoms with Gasteiger partial charge in [0, 0.05) is 29.6 Å². The molecule has 0 spiro atoms. The Balaban J connectivity index is 0.00000161. The van der Waals surface area contributed by atoms with Crippen LogP contribution in [0.3, 0.4) is 0 Å². The van der Waals surface area contributed by atoms with Crippen molar-refractivity contribution in [2.24, 2.45) is 0 Å². The molecular weight excluding hydrogens is 645 g/mol. The molecule has 0 amide bonds. The summed E-state index contributed by atoms with van der Waals surface area (Å²) >= 11 is 1.87. The van der Waals surface area contributed by atoms with E-state index in [0.29, 0.717) is 0 Å². The molecule has 0 aromatic heterocycles. The van der Waals surface area contributed by atoms with Gasteiger partial charge in [-0.25, -0.2) is 0 Å². The minimum Gasteiger partial charge on any atom is -0.378 e. The van der Waals surface area contributed by atoms with Crippen molar-refractivity contribution in [3.8, 4) is 0 Å². The highest BCUT2D eigenvalue weighted by Gasteiger charge is 2.20. The number of halogens is 3. The Morgan fingerprint density at radius 3 is 2.30 bits per heavy atom. The second kappa shape index (κ2) is 9.91. The van der Waals surface area contributed by atoms with Gasteiger partial charge >= 0.3 is 0 Å². The molecule has 0 unspecified atom stereocenters. The van der Waals surface area contributed by atoms with Crippen LogP contribution in [0.2, 0.25) is 0 Å². The second-order valence-corrected chi connectivity index (χ2v) is 6.48. The summed E-state index contributed by atoms with van der Waals surface area (Å²) in [4.78, 5) is 4.81. The van der Waals surface area contributed by atoms with Crippen LogP contribution in [0, 0.1) is 6.92 Å². The molecule has 1 aliphatic rings. The first-order valence-electron chi connectivity index (χ1n) is 6.99. The van der Waals surface area contributed by atoms with Crippen LogP contribution in [0.15, 0.2) is 40.1 Å². The molecule has 6 heteroatoms. The molecule has 0 saturated carbocycles. The monoisotopic (exact) mass is 668 g/mol. The Morgan fingerprint density at radius 1 is 1.00 bits per heavy atom. The maximum atomic E-state index is 3.66. The van der Waals surface area contributed by atoms with Crippen molar-refractivity contribution in [3.05, 3.63) is 41.5 Å². The van der Waals surface area contributed by atoms with Crippen LogP contribution in [-0.2, 0) is 6.42 Å². The first kappa shape index (κ1) is 23.6. The molecule has 1 aliphatic heterocycles. The number of benzene rings is 2. The molecule has 0 aliphatic carbocycles. The number of para-hydroxylation sites is 1. The summed E-state index contributed by atoms with van der Waals surface area (Å²) in [5.41, 5.74) is 6.50. The van der Waals surface area contributed by atoms with E-state index in [-0.39, 0.29) is 71.9 Å². The quantitative estimate of drug-likeness (QED) is 0.307. The molecule has 128 valence electrons. The highest BCUT2D eigenvalue weighted by molar-refractivity contribution is 14.0. The first-order valence-corrected chi connectivity index (χ1v) is 7.80. The third kappa shape index (κ3) is 4.81. The van der Waals surface area contributed by atoms with E-state index in [0.717, 1.165) is 6.42 Å². The fourth-order valence-corrected chi connectivity index (χ4v) is 3.71. The SMILES string of the molecule is CCc1cc(N(C)C)cc2c1Nc1c(C)cccc1S2.I.I.I. The van der Waals surface area contributed by atoms with E-state index in [2.05, 4.69) is 68.5 Å². The van der Waals surface area contributed by atoms with Gasteiger partial charge in [-0.3, -0.25) is 0 Å². The molecule has 1 N–H and O–H groups in total. The lowest BCUT2D eigenvalue weighted by molar-refractivity contribution is 1.07. The van der Waals surface area contributed by atoms with Crippen molar-refractivity contribution in [2.45, 2.75) is 30.1 Å². The number of hydrogen-bond acceptors (Lipinski definition) is 3. The predicted octanol–water partition coefficient (Wildman–Crippen LogP) is 6.69. The maximum absolute atomic E-state index is 3.66. The van der Waals surface area contributed by atoms with Crippen molar-refractivity contribution in [2.75, 3.05) is 24.3 Å². The Bertz CT molecular complexity index is 675. The molecule has 0 radical (unpaired) electrons. The van der Waals surface area contributed by atoms with Crippen molar-refractivity contribution in [3.63, 3.8) is 0 Å². The lowest BCUT2D eigenvalue weighted by Gasteiger charge is -2.26. The van der Waals surface area contributed by atoms with E-state index in [1.54, 1.807) is 0 Å². The summed E-state index contributed by atoms with van der Waals surface area (Å²) in [5, 5.41) is 3.66. The second-order valence-electron chi connectivity index (χ2n) is 5.40. The van der Waals surface area contributed by atoms with Gasteiger partial charge in [0.25, 0.3) is 0 Å². The normalized spacial score (nSPS) is 10.8. The Kier molecular flexibility index (Phi) is 10.2. The van der Waals surface area contributed by atoms with Crippen LogP contribution in [0.5, 0.6) is 0 Å². The zero-order valence-corrected chi connectivity index (χ0v) is 21.5. The lowest BCUT2D eigenvalue weighted by atomic mass is 10.1. The van der Waals surface area contributed by atoms with E-state index < -0.39 is 0 Å². The van der Waals surface area contributed by atoms with Gasteiger partial charge in [0.1, 0.15) is 0 Å². The maximum Gasteiger partial charge on any atom is 0.0560 e. The van der Waals surface area contributed by atoms with Crippen LogP contribution in [-0.4, -0.2) is 14.1 Å².